The predicted molar refractivity (Wildman–Crippen MR) is 59.8 cm³/mol. The van der Waals surface area contributed by atoms with Crippen LogP contribution < -0.4 is 0 Å². The number of rotatable bonds is 3. The SMILES string of the molecule is N#Cc1ncn(Cc2csc(C(=O)O)n2)c1C#N. The van der Waals surface area contributed by atoms with Crippen molar-refractivity contribution >= 4 is 17.3 Å². The molecule has 0 unspecified atom stereocenters. The third kappa shape index (κ3) is 2.05. The normalized spacial score (nSPS) is 9.67. The molecule has 0 amide bonds. The summed E-state index contributed by atoms with van der Waals surface area (Å²) in [5, 5.41) is 28.0. The third-order valence-corrected chi connectivity index (χ3v) is 3.00. The topological polar surface area (TPSA) is 116 Å². The number of hydrogen-bond acceptors (Lipinski definition) is 6. The molecule has 0 saturated carbocycles. The lowest BCUT2D eigenvalue weighted by atomic mass is 10.3. The number of nitriles is 2. The highest BCUT2D eigenvalue weighted by Crippen LogP contribution is 2.13. The average molecular weight is 259 g/mol. The van der Waals surface area contributed by atoms with Gasteiger partial charge in [0.25, 0.3) is 0 Å². The van der Waals surface area contributed by atoms with Crippen LogP contribution in [-0.2, 0) is 6.54 Å². The molecule has 8 heteroatoms. The molecule has 0 aromatic carbocycles. The van der Waals surface area contributed by atoms with Gasteiger partial charge in [0.1, 0.15) is 12.1 Å². The van der Waals surface area contributed by atoms with Crippen LogP contribution in [0.2, 0.25) is 0 Å². The summed E-state index contributed by atoms with van der Waals surface area (Å²) in [6.45, 7) is 0.210. The van der Waals surface area contributed by atoms with Crippen LogP contribution in [0.1, 0.15) is 26.9 Å². The summed E-state index contributed by atoms with van der Waals surface area (Å²) in [5.41, 5.74) is 0.698. The minimum Gasteiger partial charge on any atom is -0.476 e. The summed E-state index contributed by atoms with van der Waals surface area (Å²) in [5.74, 6) is -1.09. The maximum Gasteiger partial charge on any atom is 0.365 e. The van der Waals surface area contributed by atoms with Gasteiger partial charge in [-0.15, -0.1) is 11.3 Å². The Bertz CT molecular complexity index is 688. The van der Waals surface area contributed by atoms with E-state index in [0.29, 0.717) is 5.69 Å². The van der Waals surface area contributed by atoms with E-state index in [2.05, 4.69) is 9.97 Å². The molecule has 2 aromatic heterocycles. The molecule has 0 atom stereocenters. The fourth-order valence-corrected chi connectivity index (χ4v) is 2.00. The van der Waals surface area contributed by atoms with Gasteiger partial charge in [0.05, 0.1) is 18.6 Å². The summed E-state index contributed by atoms with van der Waals surface area (Å²) in [4.78, 5) is 18.3. The Kier molecular flexibility index (Phi) is 3.04. The van der Waals surface area contributed by atoms with Gasteiger partial charge in [-0.2, -0.15) is 10.5 Å². The van der Waals surface area contributed by atoms with Crippen molar-refractivity contribution in [2.75, 3.05) is 0 Å². The molecule has 0 aliphatic heterocycles. The lowest BCUT2D eigenvalue weighted by Gasteiger charge is -1.99. The molecule has 0 fully saturated rings. The lowest BCUT2D eigenvalue weighted by molar-refractivity contribution is 0.0696. The summed E-state index contributed by atoms with van der Waals surface area (Å²) >= 11 is 1.01. The maximum absolute atomic E-state index is 10.7. The van der Waals surface area contributed by atoms with Crippen LogP contribution in [0.4, 0.5) is 0 Å². The highest BCUT2D eigenvalue weighted by molar-refractivity contribution is 7.11. The summed E-state index contributed by atoms with van der Waals surface area (Å²) < 4.78 is 1.46. The smallest absolute Gasteiger partial charge is 0.365 e. The first-order valence-electron chi connectivity index (χ1n) is 4.68. The first-order valence-corrected chi connectivity index (χ1v) is 5.56. The van der Waals surface area contributed by atoms with Crippen molar-refractivity contribution in [2.24, 2.45) is 0 Å². The molecule has 0 radical (unpaired) electrons. The van der Waals surface area contributed by atoms with E-state index in [9.17, 15) is 4.79 Å². The second kappa shape index (κ2) is 4.65. The van der Waals surface area contributed by atoms with E-state index in [1.807, 2.05) is 12.1 Å². The van der Waals surface area contributed by atoms with Gasteiger partial charge in [0.2, 0.25) is 5.01 Å². The molecule has 0 saturated heterocycles. The number of carboxylic acid groups (broad SMARTS) is 1. The van der Waals surface area contributed by atoms with Gasteiger partial charge in [-0.3, -0.25) is 0 Å². The van der Waals surface area contributed by atoms with Gasteiger partial charge in [-0.05, 0) is 0 Å². The van der Waals surface area contributed by atoms with Crippen molar-refractivity contribution in [1.82, 2.24) is 14.5 Å². The van der Waals surface area contributed by atoms with Crippen LogP contribution in [0, 0.1) is 22.7 Å². The van der Waals surface area contributed by atoms with Crippen LogP contribution >= 0.6 is 11.3 Å². The van der Waals surface area contributed by atoms with Crippen LogP contribution in [0.15, 0.2) is 11.7 Å². The Balaban J connectivity index is 2.29. The zero-order valence-corrected chi connectivity index (χ0v) is 9.68. The number of thiazole rings is 1. The lowest BCUT2D eigenvalue weighted by Crippen LogP contribution is -2.03. The van der Waals surface area contributed by atoms with Gasteiger partial charge in [-0.25, -0.2) is 14.8 Å². The van der Waals surface area contributed by atoms with Crippen molar-refractivity contribution in [3.05, 3.63) is 33.8 Å². The van der Waals surface area contributed by atoms with Gasteiger partial charge >= 0.3 is 5.97 Å². The largest absolute Gasteiger partial charge is 0.476 e. The quantitative estimate of drug-likeness (QED) is 0.872. The van der Waals surface area contributed by atoms with Crippen molar-refractivity contribution in [2.45, 2.75) is 6.54 Å². The zero-order chi connectivity index (χ0) is 13.1. The molecule has 2 rings (SSSR count). The summed E-state index contributed by atoms with van der Waals surface area (Å²) in [6.07, 6.45) is 1.36. The van der Waals surface area contributed by atoms with E-state index >= 15 is 0 Å². The summed E-state index contributed by atoms with van der Waals surface area (Å²) in [6, 6.07) is 3.69. The molecular formula is C10H5N5O2S. The fourth-order valence-electron chi connectivity index (χ4n) is 1.35. The monoisotopic (exact) mass is 259 g/mol. The molecule has 0 bridgehead atoms. The third-order valence-electron chi connectivity index (χ3n) is 2.12. The van der Waals surface area contributed by atoms with E-state index in [0.717, 1.165) is 11.3 Å². The molecule has 0 aliphatic carbocycles. The zero-order valence-electron chi connectivity index (χ0n) is 8.86. The Hall–Kier alpha value is -2.71. The molecule has 2 aromatic rings. The van der Waals surface area contributed by atoms with Crippen molar-refractivity contribution < 1.29 is 9.90 Å². The number of aromatic carboxylic acids is 1. The highest BCUT2D eigenvalue weighted by Gasteiger charge is 2.13. The molecule has 1 N–H and O–H groups in total. The Morgan fingerprint density at radius 1 is 1.50 bits per heavy atom. The second-order valence-corrected chi connectivity index (χ2v) is 4.10. The Morgan fingerprint density at radius 3 is 2.83 bits per heavy atom. The number of imidazole rings is 1. The minimum atomic E-state index is -1.09. The van der Waals surface area contributed by atoms with Gasteiger partial charge in [0.15, 0.2) is 11.4 Å². The van der Waals surface area contributed by atoms with Gasteiger partial charge < -0.3 is 9.67 Å². The first kappa shape index (κ1) is 11.8. The van der Waals surface area contributed by atoms with Crippen LogP contribution in [0.25, 0.3) is 0 Å². The number of hydrogen-bond donors (Lipinski definition) is 1. The van der Waals surface area contributed by atoms with Crippen LogP contribution in [0.3, 0.4) is 0 Å². The average Bonchev–Trinajstić information content (AvgIpc) is 2.95. The molecule has 7 nitrogen and oxygen atoms in total. The van der Waals surface area contributed by atoms with E-state index in [-0.39, 0.29) is 22.9 Å². The van der Waals surface area contributed by atoms with Gasteiger partial charge in [-0.1, -0.05) is 0 Å². The minimum absolute atomic E-state index is 0.0101. The van der Waals surface area contributed by atoms with Crippen molar-refractivity contribution in [1.29, 1.82) is 10.5 Å². The number of carboxylic acids is 1. The van der Waals surface area contributed by atoms with Crippen molar-refractivity contribution in [3.8, 4) is 12.1 Å². The van der Waals surface area contributed by atoms with Crippen LogP contribution in [-0.4, -0.2) is 25.6 Å². The Morgan fingerprint density at radius 2 is 2.28 bits per heavy atom. The van der Waals surface area contributed by atoms with Crippen molar-refractivity contribution in [3.63, 3.8) is 0 Å². The standard InChI is InChI=1S/C10H5N5O2S/c11-1-7-8(2-12)15(5-13-7)3-6-4-18-9(14-6)10(16)17/h4-5H,3H2,(H,16,17). The molecule has 88 valence electrons. The van der Waals surface area contributed by atoms with Gasteiger partial charge in [0, 0.05) is 5.38 Å². The molecule has 0 spiro atoms. The van der Waals surface area contributed by atoms with E-state index in [1.54, 1.807) is 5.38 Å². The maximum atomic E-state index is 10.7. The van der Waals surface area contributed by atoms with E-state index in [1.165, 1.54) is 10.9 Å². The molecule has 18 heavy (non-hydrogen) atoms. The predicted octanol–water partition coefficient (Wildman–Crippen LogP) is 0.829. The van der Waals surface area contributed by atoms with E-state index < -0.39 is 5.97 Å². The summed E-state index contributed by atoms with van der Waals surface area (Å²) in [7, 11) is 0. The first-order chi connectivity index (χ1) is 8.65. The molecule has 0 aliphatic rings. The number of carbonyl (C=O) groups is 1. The van der Waals surface area contributed by atoms with Crippen LogP contribution in [0.5, 0.6) is 0 Å². The number of nitrogens with zero attached hydrogens (tertiary/aromatic N) is 5. The second-order valence-electron chi connectivity index (χ2n) is 3.24. The fraction of sp³-hybridized carbons (Fsp3) is 0.100. The van der Waals surface area contributed by atoms with E-state index in [4.69, 9.17) is 15.6 Å². The Labute approximate surface area is 105 Å². The molecule has 2 heterocycles. The number of aromatic nitrogens is 3. The highest BCUT2D eigenvalue weighted by atomic mass is 32.1. The molecular weight excluding hydrogens is 254 g/mol.